The second kappa shape index (κ2) is 7.89. The number of anilines is 1. The van der Waals surface area contributed by atoms with E-state index >= 15 is 0 Å². The number of carbonyl (C=O) groups is 2. The second-order valence-electron chi connectivity index (χ2n) is 5.91. The van der Waals surface area contributed by atoms with Crippen molar-refractivity contribution in [3.63, 3.8) is 0 Å². The van der Waals surface area contributed by atoms with Crippen LogP contribution in [0.2, 0.25) is 5.02 Å². The number of carbonyl (C=O) groups excluding carboxylic acids is 2. The highest BCUT2D eigenvalue weighted by molar-refractivity contribution is 6.30. The molecule has 26 heavy (non-hydrogen) atoms. The molecule has 0 aliphatic carbocycles. The van der Waals surface area contributed by atoms with E-state index in [2.05, 4.69) is 5.32 Å². The van der Waals surface area contributed by atoms with Crippen LogP contribution in [0.15, 0.2) is 48.5 Å². The summed E-state index contributed by atoms with van der Waals surface area (Å²) >= 11 is 5.92. The summed E-state index contributed by atoms with van der Waals surface area (Å²) in [6.45, 7) is 1.77. The van der Waals surface area contributed by atoms with Crippen LogP contribution in [-0.4, -0.2) is 47.9 Å². The Balaban J connectivity index is 1.57. The predicted molar refractivity (Wildman–Crippen MR) is 99.1 cm³/mol. The van der Waals surface area contributed by atoms with Gasteiger partial charge in [0.15, 0.2) is 0 Å². The first-order valence-corrected chi connectivity index (χ1v) is 8.55. The number of piperazine rings is 1. The molecule has 0 unspecified atom stereocenters. The molecule has 1 N–H and O–H groups in total. The summed E-state index contributed by atoms with van der Waals surface area (Å²) in [5, 5.41) is 12.3. The second-order valence-corrected chi connectivity index (χ2v) is 6.35. The third-order valence-corrected chi connectivity index (χ3v) is 4.40. The van der Waals surface area contributed by atoms with E-state index in [9.17, 15) is 9.59 Å². The molecule has 1 aliphatic heterocycles. The lowest BCUT2D eigenvalue weighted by molar-refractivity contribution is 0.0671. The molecular weight excluding hydrogens is 352 g/mol. The Hall–Kier alpha value is -3.04. The summed E-state index contributed by atoms with van der Waals surface area (Å²) in [6, 6.07) is 15.4. The molecule has 1 saturated heterocycles. The van der Waals surface area contributed by atoms with Crippen LogP contribution in [0.5, 0.6) is 0 Å². The van der Waals surface area contributed by atoms with Crippen molar-refractivity contribution in [3.05, 3.63) is 64.7 Å². The van der Waals surface area contributed by atoms with Crippen molar-refractivity contribution >= 4 is 29.2 Å². The number of halogens is 1. The number of hydrogen-bond donors (Lipinski definition) is 1. The lowest BCUT2D eigenvalue weighted by Gasteiger charge is -2.34. The number of amides is 3. The molecule has 0 aromatic heterocycles. The molecule has 3 rings (SSSR count). The monoisotopic (exact) mass is 368 g/mol. The molecule has 1 fully saturated rings. The molecule has 7 heteroatoms. The maximum absolute atomic E-state index is 12.6. The number of nitriles is 1. The summed E-state index contributed by atoms with van der Waals surface area (Å²) in [5.41, 5.74) is 1.57. The van der Waals surface area contributed by atoms with E-state index in [1.807, 2.05) is 6.07 Å². The highest BCUT2D eigenvalue weighted by Crippen LogP contribution is 2.16. The number of urea groups is 1. The van der Waals surface area contributed by atoms with Crippen LogP contribution in [-0.2, 0) is 0 Å². The van der Waals surface area contributed by atoms with Crippen molar-refractivity contribution in [1.29, 1.82) is 5.26 Å². The molecule has 0 bridgehead atoms. The minimum Gasteiger partial charge on any atom is -0.335 e. The van der Waals surface area contributed by atoms with Gasteiger partial charge < -0.3 is 15.1 Å². The zero-order valence-corrected chi connectivity index (χ0v) is 14.7. The largest absolute Gasteiger partial charge is 0.335 e. The third kappa shape index (κ3) is 4.13. The number of nitrogens with zero attached hydrogens (tertiary/aromatic N) is 3. The van der Waals surface area contributed by atoms with Gasteiger partial charge in [-0.1, -0.05) is 23.7 Å². The molecule has 6 nitrogen and oxygen atoms in total. The fourth-order valence-corrected chi connectivity index (χ4v) is 2.98. The Labute approximate surface area is 156 Å². The Morgan fingerprint density at radius 3 is 2.38 bits per heavy atom. The van der Waals surface area contributed by atoms with Gasteiger partial charge in [-0.05, 0) is 36.4 Å². The quantitative estimate of drug-likeness (QED) is 0.884. The van der Waals surface area contributed by atoms with E-state index in [-0.39, 0.29) is 11.9 Å². The fourth-order valence-electron chi connectivity index (χ4n) is 2.79. The van der Waals surface area contributed by atoms with E-state index in [0.29, 0.717) is 48.0 Å². The summed E-state index contributed by atoms with van der Waals surface area (Å²) in [6.07, 6.45) is 0. The van der Waals surface area contributed by atoms with Crippen molar-refractivity contribution in [2.45, 2.75) is 0 Å². The summed E-state index contributed by atoms with van der Waals surface area (Å²) < 4.78 is 0. The number of hydrogen-bond acceptors (Lipinski definition) is 3. The first-order chi connectivity index (χ1) is 12.6. The molecule has 1 aliphatic rings. The summed E-state index contributed by atoms with van der Waals surface area (Å²) in [5.74, 6) is -0.128. The average molecular weight is 369 g/mol. The van der Waals surface area contributed by atoms with Crippen molar-refractivity contribution in [1.82, 2.24) is 9.80 Å². The number of nitrogens with one attached hydrogen (secondary N) is 1. The Morgan fingerprint density at radius 2 is 1.69 bits per heavy atom. The molecule has 0 spiro atoms. The molecule has 132 valence electrons. The molecule has 0 radical (unpaired) electrons. The van der Waals surface area contributed by atoms with Gasteiger partial charge in [0.2, 0.25) is 0 Å². The lowest BCUT2D eigenvalue weighted by atomic mass is 10.1. The SMILES string of the molecule is N#Cc1cccc(C(=O)N2CCN(C(=O)Nc3cccc(Cl)c3)CC2)c1. The van der Waals surface area contributed by atoms with Crippen LogP contribution in [0.4, 0.5) is 10.5 Å². The van der Waals surface area contributed by atoms with Crippen molar-refractivity contribution < 1.29 is 9.59 Å². The van der Waals surface area contributed by atoms with E-state index < -0.39 is 0 Å². The smallest absolute Gasteiger partial charge is 0.321 e. The summed E-state index contributed by atoms with van der Waals surface area (Å²) in [4.78, 5) is 28.3. The van der Waals surface area contributed by atoms with Crippen LogP contribution in [0.1, 0.15) is 15.9 Å². The van der Waals surface area contributed by atoms with Crippen LogP contribution >= 0.6 is 11.6 Å². The summed E-state index contributed by atoms with van der Waals surface area (Å²) in [7, 11) is 0. The molecule has 3 amide bonds. The van der Waals surface area contributed by atoms with E-state index in [1.54, 1.807) is 58.3 Å². The van der Waals surface area contributed by atoms with Crippen molar-refractivity contribution in [2.75, 3.05) is 31.5 Å². The maximum atomic E-state index is 12.6. The van der Waals surface area contributed by atoms with Gasteiger partial charge in [-0.3, -0.25) is 4.79 Å². The minimum atomic E-state index is -0.217. The van der Waals surface area contributed by atoms with Crippen molar-refractivity contribution in [3.8, 4) is 6.07 Å². The highest BCUT2D eigenvalue weighted by Gasteiger charge is 2.25. The van der Waals surface area contributed by atoms with E-state index in [0.717, 1.165) is 0 Å². The normalized spacial score (nSPS) is 13.8. The van der Waals surface area contributed by atoms with Crippen LogP contribution < -0.4 is 5.32 Å². The van der Waals surface area contributed by atoms with Gasteiger partial charge in [-0.15, -0.1) is 0 Å². The van der Waals surface area contributed by atoms with Crippen LogP contribution in [0, 0.1) is 11.3 Å². The van der Waals surface area contributed by atoms with Crippen LogP contribution in [0.25, 0.3) is 0 Å². The Kier molecular flexibility index (Phi) is 5.40. The number of rotatable bonds is 2. The topological polar surface area (TPSA) is 76.4 Å². The van der Waals surface area contributed by atoms with Crippen LogP contribution in [0.3, 0.4) is 0 Å². The zero-order valence-electron chi connectivity index (χ0n) is 14.0. The first-order valence-electron chi connectivity index (χ1n) is 8.18. The van der Waals surface area contributed by atoms with Gasteiger partial charge in [0, 0.05) is 42.5 Å². The molecule has 2 aromatic carbocycles. The predicted octanol–water partition coefficient (Wildman–Crippen LogP) is 3.20. The Morgan fingerprint density at radius 1 is 1.00 bits per heavy atom. The maximum Gasteiger partial charge on any atom is 0.321 e. The lowest BCUT2D eigenvalue weighted by Crippen LogP contribution is -2.51. The zero-order chi connectivity index (χ0) is 18.5. The minimum absolute atomic E-state index is 0.128. The van der Waals surface area contributed by atoms with Gasteiger partial charge in [0.05, 0.1) is 11.6 Å². The van der Waals surface area contributed by atoms with E-state index in [1.165, 1.54) is 0 Å². The molecule has 0 saturated carbocycles. The molecule has 0 atom stereocenters. The molecule has 1 heterocycles. The first kappa shape index (κ1) is 17.8. The van der Waals surface area contributed by atoms with Gasteiger partial charge in [-0.2, -0.15) is 5.26 Å². The van der Waals surface area contributed by atoms with Gasteiger partial charge in [-0.25, -0.2) is 4.79 Å². The fraction of sp³-hybridized carbons (Fsp3) is 0.211. The highest BCUT2D eigenvalue weighted by atomic mass is 35.5. The van der Waals surface area contributed by atoms with Gasteiger partial charge in [0.1, 0.15) is 0 Å². The Bertz CT molecular complexity index is 870. The molecular formula is C19H17ClN4O2. The third-order valence-electron chi connectivity index (χ3n) is 4.17. The van der Waals surface area contributed by atoms with Gasteiger partial charge in [0.25, 0.3) is 5.91 Å². The standard InChI is InChI=1S/C19H17ClN4O2/c20-16-5-2-6-17(12-16)22-19(26)24-9-7-23(8-10-24)18(25)15-4-1-3-14(11-15)13-21/h1-6,11-12H,7-10H2,(H,22,26). The van der Waals surface area contributed by atoms with Gasteiger partial charge >= 0.3 is 6.03 Å². The average Bonchev–Trinajstić information content (AvgIpc) is 2.67. The van der Waals surface area contributed by atoms with E-state index in [4.69, 9.17) is 16.9 Å². The van der Waals surface area contributed by atoms with Crippen molar-refractivity contribution in [2.24, 2.45) is 0 Å². The number of benzene rings is 2. The molecule has 2 aromatic rings.